The minimum Gasteiger partial charge on any atom is -0.322 e. The molecule has 0 aromatic heterocycles. The lowest BCUT2D eigenvalue weighted by Crippen LogP contribution is -3.15. The molecule has 4 nitrogen and oxygen atoms in total. The number of amides is 2. The highest BCUT2D eigenvalue weighted by Gasteiger charge is 2.32. The molecular weight excluding hydrogens is 358 g/mol. The van der Waals surface area contributed by atoms with E-state index in [4.69, 9.17) is 0 Å². The molecule has 4 heteroatoms. The van der Waals surface area contributed by atoms with E-state index in [0.717, 1.165) is 31.9 Å². The summed E-state index contributed by atoms with van der Waals surface area (Å²) in [5.41, 5.74) is 3.59. The first-order valence-corrected chi connectivity index (χ1v) is 10.3. The summed E-state index contributed by atoms with van der Waals surface area (Å²) in [7, 11) is 1.85. The number of hydrogen-bond donors (Lipinski definition) is 1. The lowest BCUT2D eigenvalue weighted by atomic mass is 9.96. The quantitative estimate of drug-likeness (QED) is 0.733. The lowest BCUT2D eigenvalue weighted by Gasteiger charge is -2.38. The van der Waals surface area contributed by atoms with Crippen molar-refractivity contribution in [1.29, 1.82) is 0 Å². The second-order valence-electron chi connectivity index (χ2n) is 7.58. The summed E-state index contributed by atoms with van der Waals surface area (Å²) in [6.07, 6.45) is 0. The van der Waals surface area contributed by atoms with Crippen molar-refractivity contribution in [3.63, 3.8) is 0 Å². The van der Waals surface area contributed by atoms with E-state index in [1.54, 1.807) is 4.90 Å². The van der Waals surface area contributed by atoms with E-state index < -0.39 is 0 Å². The standard InChI is InChI=1S/C25H27N3O/c1-26(23-15-9-4-10-16-23)25(29)28-19-17-27(18-20-28)24(21-11-5-2-6-12-21)22-13-7-3-8-14-22/h2-16,24H,17-20H2,1H3/p+1. The molecule has 29 heavy (non-hydrogen) atoms. The van der Waals surface area contributed by atoms with Crippen LogP contribution >= 0.6 is 0 Å². The topological polar surface area (TPSA) is 28.0 Å². The van der Waals surface area contributed by atoms with Gasteiger partial charge in [0.1, 0.15) is 6.04 Å². The van der Waals surface area contributed by atoms with Crippen molar-refractivity contribution >= 4 is 11.7 Å². The molecule has 0 radical (unpaired) electrons. The number of urea groups is 1. The van der Waals surface area contributed by atoms with Crippen LogP contribution in [0.1, 0.15) is 17.2 Å². The number of nitrogens with zero attached hydrogens (tertiary/aromatic N) is 2. The Bertz CT molecular complexity index is 867. The third kappa shape index (κ3) is 4.33. The zero-order valence-corrected chi connectivity index (χ0v) is 16.9. The van der Waals surface area contributed by atoms with Crippen molar-refractivity contribution in [2.45, 2.75) is 6.04 Å². The maximum absolute atomic E-state index is 13.0. The number of benzene rings is 3. The van der Waals surface area contributed by atoms with E-state index in [1.165, 1.54) is 16.0 Å². The molecule has 1 N–H and O–H groups in total. The van der Waals surface area contributed by atoms with Gasteiger partial charge in [-0.15, -0.1) is 0 Å². The van der Waals surface area contributed by atoms with Crippen LogP contribution in [-0.2, 0) is 0 Å². The second kappa shape index (κ2) is 8.93. The van der Waals surface area contributed by atoms with Crippen molar-refractivity contribution in [2.75, 3.05) is 38.1 Å². The molecule has 0 saturated carbocycles. The van der Waals surface area contributed by atoms with Gasteiger partial charge in [-0.25, -0.2) is 4.79 Å². The van der Waals surface area contributed by atoms with Crippen LogP contribution in [-0.4, -0.2) is 44.2 Å². The molecule has 0 atom stereocenters. The van der Waals surface area contributed by atoms with E-state index in [2.05, 4.69) is 60.7 Å². The van der Waals surface area contributed by atoms with Crippen molar-refractivity contribution in [1.82, 2.24) is 4.90 Å². The first-order chi connectivity index (χ1) is 14.2. The SMILES string of the molecule is CN(C(=O)N1CC[NH+](C(c2ccccc2)c2ccccc2)CC1)c1ccccc1. The fourth-order valence-corrected chi connectivity index (χ4v) is 4.20. The fraction of sp³-hybridized carbons (Fsp3) is 0.240. The van der Waals surface area contributed by atoms with Crippen LogP contribution in [0.3, 0.4) is 0 Å². The zero-order valence-electron chi connectivity index (χ0n) is 16.9. The molecule has 1 aliphatic heterocycles. The summed E-state index contributed by atoms with van der Waals surface area (Å²) in [5, 5.41) is 0. The number of piperazine rings is 1. The normalized spacial score (nSPS) is 14.8. The highest BCUT2D eigenvalue weighted by atomic mass is 16.2. The Morgan fingerprint density at radius 1 is 0.793 bits per heavy atom. The maximum atomic E-state index is 13.0. The molecule has 0 bridgehead atoms. The van der Waals surface area contributed by atoms with E-state index in [9.17, 15) is 4.79 Å². The largest absolute Gasteiger partial charge is 0.324 e. The summed E-state index contributed by atoms with van der Waals surface area (Å²) >= 11 is 0. The Hall–Kier alpha value is -3.11. The number of carbonyl (C=O) groups is 1. The zero-order chi connectivity index (χ0) is 20.1. The minimum absolute atomic E-state index is 0.0752. The van der Waals surface area contributed by atoms with Crippen LogP contribution in [0.4, 0.5) is 10.5 Å². The van der Waals surface area contributed by atoms with Gasteiger partial charge in [-0.3, -0.25) is 4.90 Å². The van der Waals surface area contributed by atoms with Crippen LogP contribution in [0, 0.1) is 0 Å². The number of quaternary nitrogens is 1. The summed E-state index contributed by atoms with van der Waals surface area (Å²) in [4.78, 5) is 18.2. The van der Waals surface area contributed by atoms with Crippen LogP contribution < -0.4 is 9.80 Å². The molecule has 0 aliphatic carbocycles. The molecule has 4 rings (SSSR count). The second-order valence-corrected chi connectivity index (χ2v) is 7.58. The lowest BCUT2D eigenvalue weighted by molar-refractivity contribution is -0.929. The Morgan fingerprint density at radius 3 is 1.72 bits per heavy atom. The van der Waals surface area contributed by atoms with Gasteiger partial charge in [-0.1, -0.05) is 78.9 Å². The van der Waals surface area contributed by atoms with E-state index >= 15 is 0 Å². The van der Waals surface area contributed by atoms with Crippen LogP contribution in [0.15, 0.2) is 91.0 Å². The van der Waals surface area contributed by atoms with Gasteiger partial charge in [0.2, 0.25) is 0 Å². The molecule has 1 fully saturated rings. The predicted octanol–water partition coefficient (Wildman–Crippen LogP) is 3.23. The van der Waals surface area contributed by atoms with Crippen molar-refractivity contribution in [2.24, 2.45) is 0 Å². The molecule has 148 valence electrons. The Labute approximate surface area is 173 Å². The molecule has 1 saturated heterocycles. The molecule has 0 spiro atoms. The Kier molecular flexibility index (Phi) is 5.92. The molecule has 3 aromatic carbocycles. The van der Waals surface area contributed by atoms with Gasteiger partial charge in [0.05, 0.1) is 26.2 Å². The molecule has 0 unspecified atom stereocenters. The average Bonchev–Trinajstić information content (AvgIpc) is 2.81. The van der Waals surface area contributed by atoms with E-state index in [1.807, 2.05) is 42.3 Å². The molecule has 1 heterocycles. The Morgan fingerprint density at radius 2 is 1.24 bits per heavy atom. The number of nitrogens with one attached hydrogen (secondary N) is 1. The van der Waals surface area contributed by atoms with Gasteiger partial charge in [0.15, 0.2) is 0 Å². The summed E-state index contributed by atoms with van der Waals surface area (Å²) < 4.78 is 0. The smallest absolute Gasteiger partial charge is 0.322 e. The number of carbonyl (C=O) groups excluding carboxylic acids is 1. The highest BCUT2D eigenvalue weighted by Crippen LogP contribution is 2.20. The highest BCUT2D eigenvalue weighted by molar-refractivity contribution is 5.91. The first-order valence-electron chi connectivity index (χ1n) is 10.3. The molecule has 2 amide bonds. The molecule has 3 aromatic rings. The van der Waals surface area contributed by atoms with Crippen LogP contribution in [0.5, 0.6) is 0 Å². The van der Waals surface area contributed by atoms with Gasteiger partial charge < -0.3 is 9.80 Å². The number of hydrogen-bond acceptors (Lipinski definition) is 1. The van der Waals surface area contributed by atoms with Gasteiger partial charge in [-0.05, 0) is 12.1 Å². The van der Waals surface area contributed by atoms with Crippen molar-refractivity contribution in [3.8, 4) is 0 Å². The van der Waals surface area contributed by atoms with E-state index in [0.29, 0.717) is 6.04 Å². The van der Waals surface area contributed by atoms with Crippen molar-refractivity contribution < 1.29 is 9.69 Å². The number of rotatable bonds is 4. The summed E-state index contributed by atoms with van der Waals surface area (Å²) in [6.45, 7) is 3.40. The van der Waals surface area contributed by atoms with Crippen LogP contribution in [0.2, 0.25) is 0 Å². The van der Waals surface area contributed by atoms with Crippen molar-refractivity contribution in [3.05, 3.63) is 102 Å². The third-order valence-corrected chi connectivity index (χ3v) is 5.78. The third-order valence-electron chi connectivity index (χ3n) is 5.78. The summed E-state index contributed by atoms with van der Waals surface area (Å²) in [6, 6.07) is 31.6. The maximum Gasteiger partial charge on any atom is 0.324 e. The fourth-order valence-electron chi connectivity index (χ4n) is 4.20. The van der Waals surface area contributed by atoms with Gasteiger partial charge in [0, 0.05) is 23.9 Å². The average molecular weight is 387 g/mol. The molecular formula is C25H28N3O+. The number of para-hydroxylation sites is 1. The first kappa shape index (κ1) is 19.2. The number of anilines is 1. The van der Waals surface area contributed by atoms with E-state index in [-0.39, 0.29) is 6.03 Å². The van der Waals surface area contributed by atoms with Gasteiger partial charge >= 0.3 is 6.03 Å². The van der Waals surface area contributed by atoms with Gasteiger partial charge in [-0.2, -0.15) is 0 Å². The summed E-state index contributed by atoms with van der Waals surface area (Å²) in [5.74, 6) is 0. The van der Waals surface area contributed by atoms with Crippen LogP contribution in [0.25, 0.3) is 0 Å². The molecule has 1 aliphatic rings. The minimum atomic E-state index is 0.0752. The Balaban J connectivity index is 1.48. The monoisotopic (exact) mass is 386 g/mol. The predicted molar refractivity (Wildman–Crippen MR) is 117 cm³/mol. The van der Waals surface area contributed by atoms with Gasteiger partial charge in [0.25, 0.3) is 0 Å².